The van der Waals surface area contributed by atoms with E-state index in [-0.39, 0.29) is 18.6 Å². The van der Waals surface area contributed by atoms with Crippen LogP contribution in [0.25, 0.3) is 21.3 Å². The number of aryl methyl sites for hydroxylation is 1. The highest BCUT2D eigenvalue weighted by molar-refractivity contribution is 7.17. The molecule has 2 heterocycles. The molecule has 0 unspecified atom stereocenters. The third-order valence-corrected chi connectivity index (χ3v) is 7.75. The highest BCUT2D eigenvalue weighted by Gasteiger charge is 2.42. The molecule has 6 heteroatoms. The van der Waals surface area contributed by atoms with Crippen LogP contribution in [0.1, 0.15) is 38.2 Å². The van der Waals surface area contributed by atoms with Gasteiger partial charge in [-0.15, -0.1) is 11.3 Å². The summed E-state index contributed by atoms with van der Waals surface area (Å²) in [4.78, 5) is 22.2. The summed E-state index contributed by atoms with van der Waals surface area (Å²) >= 11 is 1.56. The maximum Gasteiger partial charge on any atom is 0.258 e. The minimum Gasteiger partial charge on any atom is -0.467 e. The summed E-state index contributed by atoms with van der Waals surface area (Å²) in [6.45, 7) is 4.18. The average molecular weight is 422 g/mol. The standard InChI is InChI=1S/C24H27N3O2S/c1-14-3-6-17(7-4-14)20-12-30-24-22(20)23(25-13-26-24)29-11-21(28)27-15(2)19-10-16-5-8-18(19)9-16/h3-4,6-7,12-13,15-16,18-19H,5,8-11H2,1-2H3,(H,27,28)/t15-,16-,18-,19-/m0/s1. The number of amides is 1. The quantitative estimate of drug-likeness (QED) is 0.609. The first-order chi connectivity index (χ1) is 14.6. The molecule has 0 aliphatic heterocycles. The van der Waals surface area contributed by atoms with Gasteiger partial charge < -0.3 is 10.1 Å². The molecule has 5 nitrogen and oxygen atoms in total. The number of hydrogen-bond acceptors (Lipinski definition) is 5. The lowest BCUT2D eigenvalue weighted by Gasteiger charge is -2.28. The smallest absolute Gasteiger partial charge is 0.258 e. The van der Waals surface area contributed by atoms with Gasteiger partial charge in [0.05, 0.1) is 5.39 Å². The van der Waals surface area contributed by atoms with Gasteiger partial charge in [0.1, 0.15) is 11.2 Å². The summed E-state index contributed by atoms with van der Waals surface area (Å²) in [5.41, 5.74) is 3.36. The summed E-state index contributed by atoms with van der Waals surface area (Å²) in [6, 6.07) is 8.57. The minimum absolute atomic E-state index is 0.0273. The number of hydrogen-bond donors (Lipinski definition) is 1. The molecule has 1 aromatic carbocycles. The molecule has 1 N–H and O–H groups in total. The second-order valence-corrected chi connectivity index (χ2v) is 9.72. The number of ether oxygens (including phenoxy) is 1. The van der Waals surface area contributed by atoms with E-state index in [4.69, 9.17) is 4.74 Å². The second kappa shape index (κ2) is 7.99. The molecule has 2 aromatic heterocycles. The molecule has 156 valence electrons. The molecule has 1 amide bonds. The number of benzene rings is 1. The third kappa shape index (κ3) is 3.69. The normalized spacial score (nSPS) is 23.6. The van der Waals surface area contributed by atoms with E-state index < -0.39 is 0 Å². The predicted molar refractivity (Wildman–Crippen MR) is 120 cm³/mol. The summed E-state index contributed by atoms with van der Waals surface area (Å²) in [6.07, 6.45) is 6.81. The zero-order valence-corrected chi connectivity index (χ0v) is 18.2. The first-order valence-electron chi connectivity index (χ1n) is 10.8. The van der Waals surface area contributed by atoms with E-state index in [1.807, 2.05) is 0 Å². The van der Waals surface area contributed by atoms with Crippen LogP contribution < -0.4 is 10.1 Å². The predicted octanol–water partition coefficient (Wildman–Crippen LogP) is 4.99. The Balaban J connectivity index is 1.29. The van der Waals surface area contributed by atoms with Crippen LogP contribution in [0.3, 0.4) is 0 Å². The molecule has 2 fully saturated rings. The van der Waals surface area contributed by atoms with E-state index in [1.165, 1.54) is 37.6 Å². The molecular weight excluding hydrogens is 394 g/mol. The van der Waals surface area contributed by atoms with E-state index in [0.29, 0.717) is 11.8 Å². The van der Waals surface area contributed by atoms with Crippen LogP contribution in [0.5, 0.6) is 5.88 Å². The fourth-order valence-corrected chi connectivity index (χ4v) is 6.25. The monoisotopic (exact) mass is 421 g/mol. The third-order valence-electron chi connectivity index (χ3n) is 6.86. The van der Waals surface area contributed by atoms with Crippen LogP contribution in [0.2, 0.25) is 0 Å². The second-order valence-electron chi connectivity index (χ2n) is 8.86. The summed E-state index contributed by atoms with van der Waals surface area (Å²) in [7, 11) is 0. The van der Waals surface area contributed by atoms with Gasteiger partial charge in [-0.1, -0.05) is 36.2 Å². The first-order valence-corrected chi connectivity index (χ1v) is 11.7. The van der Waals surface area contributed by atoms with Gasteiger partial charge in [-0.2, -0.15) is 0 Å². The number of rotatable bonds is 6. The van der Waals surface area contributed by atoms with Crippen LogP contribution >= 0.6 is 11.3 Å². The lowest BCUT2D eigenvalue weighted by atomic mass is 9.84. The number of fused-ring (bicyclic) bond motifs is 3. The zero-order chi connectivity index (χ0) is 20.7. The highest BCUT2D eigenvalue weighted by Crippen LogP contribution is 2.49. The van der Waals surface area contributed by atoms with E-state index in [2.05, 4.69) is 58.8 Å². The van der Waals surface area contributed by atoms with Gasteiger partial charge in [-0.3, -0.25) is 4.79 Å². The van der Waals surface area contributed by atoms with Crippen LogP contribution in [0, 0.1) is 24.7 Å². The maximum absolute atomic E-state index is 12.6. The van der Waals surface area contributed by atoms with Crippen molar-refractivity contribution < 1.29 is 9.53 Å². The first kappa shape index (κ1) is 19.5. The number of nitrogens with zero attached hydrogens (tertiary/aromatic N) is 2. The van der Waals surface area contributed by atoms with Gasteiger partial charge in [0.15, 0.2) is 6.61 Å². The Labute approximate surface area is 180 Å². The largest absolute Gasteiger partial charge is 0.467 e. The van der Waals surface area contributed by atoms with Crippen molar-refractivity contribution in [3.63, 3.8) is 0 Å². The van der Waals surface area contributed by atoms with Crippen molar-refractivity contribution in [1.29, 1.82) is 0 Å². The molecule has 3 aromatic rings. The Hall–Kier alpha value is -2.47. The van der Waals surface area contributed by atoms with Crippen LogP contribution in [-0.2, 0) is 4.79 Å². The fourth-order valence-electron chi connectivity index (χ4n) is 5.35. The highest BCUT2D eigenvalue weighted by atomic mass is 32.1. The Bertz CT molecular complexity index is 1060. The van der Waals surface area contributed by atoms with E-state index >= 15 is 0 Å². The molecule has 2 bridgehead atoms. The van der Waals surface area contributed by atoms with Crippen molar-refractivity contribution in [2.45, 2.75) is 45.6 Å². The molecule has 4 atom stereocenters. The number of nitrogens with one attached hydrogen (secondary N) is 1. The van der Waals surface area contributed by atoms with Crippen molar-refractivity contribution in [2.24, 2.45) is 17.8 Å². The van der Waals surface area contributed by atoms with Crippen LogP contribution in [-0.4, -0.2) is 28.5 Å². The Morgan fingerprint density at radius 2 is 2.07 bits per heavy atom. The van der Waals surface area contributed by atoms with Gasteiger partial charge in [-0.05, 0) is 56.4 Å². The zero-order valence-electron chi connectivity index (χ0n) is 17.4. The Kier molecular flexibility index (Phi) is 5.19. The lowest BCUT2D eigenvalue weighted by Crippen LogP contribution is -2.42. The Morgan fingerprint density at radius 1 is 1.23 bits per heavy atom. The van der Waals surface area contributed by atoms with Crippen LogP contribution in [0.4, 0.5) is 0 Å². The van der Waals surface area contributed by atoms with Crippen molar-refractivity contribution in [2.75, 3.05) is 6.61 Å². The molecule has 5 rings (SSSR count). The van der Waals surface area contributed by atoms with Gasteiger partial charge >= 0.3 is 0 Å². The molecule has 0 radical (unpaired) electrons. The minimum atomic E-state index is -0.0795. The van der Waals surface area contributed by atoms with Crippen molar-refractivity contribution in [3.05, 3.63) is 41.5 Å². The lowest BCUT2D eigenvalue weighted by molar-refractivity contribution is -0.124. The van der Waals surface area contributed by atoms with Crippen LogP contribution in [0.15, 0.2) is 36.0 Å². The average Bonchev–Trinajstić information content (AvgIpc) is 3.48. The van der Waals surface area contributed by atoms with Gasteiger partial charge in [0.25, 0.3) is 5.91 Å². The molecule has 2 aliphatic carbocycles. The number of carbonyl (C=O) groups excluding carboxylic acids is 1. The van der Waals surface area contributed by atoms with Gasteiger partial charge in [0, 0.05) is 17.0 Å². The van der Waals surface area contributed by atoms with Gasteiger partial charge in [0.2, 0.25) is 5.88 Å². The van der Waals surface area contributed by atoms with Crippen molar-refractivity contribution >= 4 is 27.5 Å². The molecule has 2 saturated carbocycles. The van der Waals surface area contributed by atoms with E-state index in [9.17, 15) is 4.79 Å². The summed E-state index contributed by atoms with van der Waals surface area (Å²) in [5.74, 6) is 2.67. The molecule has 30 heavy (non-hydrogen) atoms. The van der Waals surface area contributed by atoms with E-state index in [0.717, 1.165) is 33.2 Å². The number of thiophene rings is 1. The fraction of sp³-hybridized carbons (Fsp3) is 0.458. The number of carbonyl (C=O) groups is 1. The van der Waals surface area contributed by atoms with E-state index in [1.54, 1.807) is 11.3 Å². The molecule has 2 aliphatic rings. The summed E-state index contributed by atoms with van der Waals surface area (Å²) < 4.78 is 5.89. The Morgan fingerprint density at radius 3 is 2.80 bits per heavy atom. The topological polar surface area (TPSA) is 64.1 Å². The summed E-state index contributed by atoms with van der Waals surface area (Å²) in [5, 5.41) is 6.12. The maximum atomic E-state index is 12.6. The van der Waals surface area contributed by atoms with Crippen molar-refractivity contribution in [1.82, 2.24) is 15.3 Å². The SMILES string of the molecule is Cc1ccc(-c2csc3ncnc(OCC(=O)N[C@@H](C)[C@@H]4C[C@H]5CC[C@H]4C5)c23)cc1. The molecular formula is C24H27N3O2S. The molecule has 0 spiro atoms. The number of aromatic nitrogens is 2. The van der Waals surface area contributed by atoms with Gasteiger partial charge in [-0.25, -0.2) is 9.97 Å². The van der Waals surface area contributed by atoms with Crippen molar-refractivity contribution in [3.8, 4) is 17.0 Å². The molecule has 0 saturated heterocycles.